The van der Waals surface area contributed by atoms with Crippen LogP contribution in [0.5, 0.6) is 0 Å². The van der Waals surface area contributed by atoms with E-state index in [4.69, 9.17) is 16.0 Å². The van der Waals surface area contributed by atoms with Crippen LogP contribution in [0, 0.1) is 6.92 Å². The summed E-state index contributed by atoms with van der Waals surface area (Å²) in [5, 5.41) is 7.83. The predicted octanol–water partition coefficient (Wildman–Crippen LogP) is 6.09. The second-order valence-corrected chi connectivity index (χ2v) is 8.88. The van der Waals surface area contributed by atoms with Crippen LogP contribution in [0.25, 0.3) is 0 Å². The average Bonchev–Trinajstić information content (AvgIpc) is 3.15. The van der Waals surface area contributed by atoms with Gasteiger partial charge in [-0.25, -0.2) is 5.43 Å². The van der Waals surface area contributed by atoms with Gasteiger partial charge in [0.05, 0.1) is 5.71 Å². The van der Waals surface area contributed by atoms with Gasteiger partial charge >= 0.3 is 0 Å². The zero-order valence-corrected chi connectivity index (χ0v) is 19.6. The molecule has 33 heavy (non-hydrogen) atoms. The number of hydrazone groups is 1. The maximum Gasteiger partial charge on any atom is 0.291 e. The molecule has 7 heteroatoms. The number of halogens is 1. The van der Waals surface area contributed by atoms with Crippen LogP contribution in [0.2, 0.25) is 5.02 Å². The van der Waals surface area contributed by atoms with Crippen molar-refractivity contribution in [2.45, 2.75) is 46.0 Å². The van der Waals surface area contributed by atoms with Crippen molar-refractivity contribution in [2.24, 2.45) is 5.10 Å². The van der Waals surface area contributed by atoms with Crippen LogP contribution >= 0.6 is 11.6 Å². The van der Waals surface area contributed by atoms with E-state index in [9.17, 15) is 9.59 Å². The van der Waals surface area contributed by atoms with Gasteiger partial charge in [0, 0.05) is 33.8 Å². The fourth-order valence-corrected chi connectivity index (χ4v) is 4.05. The molecule has 1 heterocycles. The molecule has 0 unspecified atom stereocenters. The van der Waals surface area contributed by atoms with Crippen LogP contribution in [0.3, 0.4) is 0 Å². The van der Waals surface area contributed by atoms with Gasteiger partial charge in [-0.3, -0.25) is 9.59 Å². The van der Waals surface area contributed by atoms with Crippen LogP contribution < -0.4 is 10.7 Å². The molecule has 4 rings (SSSR count). The molecule has 0 atom stereocenters. The van der Waals surface area contributed by atoms with Crippen molar-refractivity contribution in [1.82, 2.24) is 5.43 Å². The third-order valence-electron chi connectivity index (χ3n) is 5.77. The molecule has 3 aromatic rings. The van der Waals surface area contributed by atoms with Crippen molar-refractivity contribution in [1.29, 1.82) is 0 Å². The first-order valence-electron chi connectivity index (χ1n) is 11.0. The lowest BCUT2D eigenvalue weighted by Gasteiger charge is -2.13. The van der Waals surface area contributed by atoms with Crippen molar-refractivity contribution >= 4 is 34.8 Å². The van der Waals surface area contributed by atoms with E-state index >= 15 is 0 Å². The van der Waals surface area contributed by atoms with Gasteiger partial charge in [0.25, 0.3) is 11.8 Å². The van der Waals surface area contributed by atoms with Crippen molar-refractivity contribution in [3.05, 3.63) is 87.3 Å². The van der Waals surface area contributed by atoms with Gasteiger partial charge in [0.15, 0.2) is 5.76 Å². The summed E-state index contributed by atoms with van der Waals surface area (Å²) >= 11 is 5.88. The highest BCUT2D eigenvalue weighted by molar-refractivity contribution is 6.30. The van der Waals surface area contributed by atoms with E-state index in [0.717, 1.165) is 29.7 Å². The number of carbonyl (C=O) groups is 2. The summed E-state index contributed by atoms with van der Waals surface area (Å²) in [5.74, 6) is 0.788. The number of benzene rings is 2. The monoisotopic (exact) mass is 463 g/mol. The van der Waals surface area contributed by atoms with Gasteiger partial charge in [-0.1, -0.05) is 37.6 Å². The third-order valence-corrected chi connectivity index (χ3v) is 6.02. The minimum absolute atomic E-state index is 0.270. The fourth-order valence-electron chi connectivity index (χ4n) is 3.92. The van der Waals surface area contributed by atoms with Crippen molar-refractivity contribution in [2.75, 3.05) is 5.32 Å². The number of nitrogens with one attached hydrogen (secondary N) is 2. The SMILES string of the molecule is Cc1c(C(=O)Nc2ccc(C(C)C)cc2)oc2c1/C(=N/NC(=O)c1ccc(Cl)cc1)CCC2. The van der Waals surface area contributed by atoms with E-state index < -0.39 is 0 Å². The predicted molar refractivity (Wildman–Crippen MR) is 130 cm³/mol. The summed E-state index contributed by atoms with van der Waals surface area (Å²) in [6.07, 6.45) is 2.23. The Bertz CT molecular complexity index is 1210. The van der Waals surface area contributed by atoms with Gasteiger partial charge in [0.1, 0.15) is 5.76 Å². The molecule has 6 nitrogen and oxygen atoms in total. The van der Waals surface area contributed by atoms with E-state index in [0.29, 0.717) is 34.3 Å². The molecule has 1 aliphatic carbocycles. The van der Waals surface area contributed by atoms with E-state index in [2.05, 4.69) is 29.7 Å². The summed E-state index contributed by atoms with van der Waals surface area (Å²) in [4.78, 5) is 25.4. The van der Waals surface area contributed by atoms with Gasteiger partial charge in [-0.2, -0.15) is 5.10 Å². The van der Waals surface area contributed by atoms with Crippen molar-refractivity contribution in [3.8, 4) is 0 Å². The van der Waals surface area contributed by atoms with Gasteiger partial charge in [-0.15, -0.1) is 0 Å². The van der Waals surface area contributed by atoms with Crippen LogP contribution in [-0.2, 0) is 6.42 Å². The fraction of sp³-hybridized carbons (Fsp3) is 0.269. The van der Waals surface area contributed by atoms with Crippen LogP contribution in [-0.4, -0.2) is 17.5 Å². The smallest absolute Gasteiger partial charge is 0.291 e. The highest BCUT2D eigenvalue weighted by Crippen LogP contribution is 2.30. The highest BCUT2D eigenvalue weighted by atomic mass is 35.5. The summed E-state index contributed by atoms with van der Waals surface area (Å²) in [5.41, 5.74) is 7.23. The highest BCUT2D eigenvalue weighted by Gasteiger charge is 2.28. The molecule has 170 valence electrons. The van der Waals surface area contributed by atoms with Gasteiger partial charge in [-0.05, 0) is 67.6 Å². The molecule has 2 N–H and O–H groups in total. The number of amides is 2. The second-order valence-electron chi connectivity index (χ2n) is 8.45. The van der Waals surface area contributed by atoms with E-state index in [1.165, 1.54) is 5.56 Å². The van der Waals surface area contributed by atoms with E-state index in [-0.39, 0.29) is 17.6 Å². The largest absolute Gasteiger partial charge is 0.455 e. The van der Waals surface area contributed by atoms with Gasteiger partial charge < -0.3 is 9.73 Å². The standard InChI is InChI=1S/C26H26ClN3O3/c1-15(2)17-9-13-20(14-10-17)28-26(32)24-16(3)23-21(5-4-6-22(23)33-24)29-30-25(31)18-7-11-19(27)12-8-18/h7-15H,4-6H2,1-3H3,(H,28,32)(H,30,31)/b29-21+. The molecule has 1 aliphatic rings. The number of carbonyl (C=O) groups excluding carboxylic acids is 2. The van der Waals surface area contributed by atoms with Crippen LogP contribution in [0.4, 0.5) is 5.69 Å². The maximum atomic E-state index is 12.9. The zero-order chi connectivity index (χ0) is 23.5. The molecule has 0 saturated carbocycles. The molecule has 2 aromatic carbocycles. The molecular formula is C26H26ClN3O3. The molecule has 0 radical (unpaired) electrons. The van der Waals surface area contributed by atoms with Crippen molar-refractivity contribution < 1.29 is 14.0 Å². The molecule has 0 bridgehead atoms. The maximum absolute atomic E-state index is 12.9. The summed E-state index contributed by atoms with van der Waals surface area (Å²) in [6, 6.07) is 14.4. The molecule has 0 spiro atoms. The lowest BCUT2D eigenvalue weighted by atomic mass is 9.93. The molecule has 1 aromatic heterocycles. The Hall–Kier alpha value is -3.38. The number of hydrogen-bond acceptors (Lipinski definition) is 4. The zero-order valence-electron chi connectivity index (χ0n) is 18.9. The lowest BCUT2D eigenvalue weighted by molar-refractivity contribution is 0.0953. The number of furan rings is 1. The Morgan fingerprint density at radius 1 is 1.00 bits per heavy atom. The number of anilines is 1. The average molecular weight is 464 g/mol. The van der Waals surface area contributed by atoms with Crippen LogP contribution in [0.15, 0.2) is 58.0 Å². The first kappa shape index (κ1) is 22.8. The quantitative estimate of drug-likeness (QED) is 0.449. The van der Waals surface area contributed by atoms with E-state index in [1.807, 2.05) is 31.2 Å². The normalized spacial score (nSPS) is 14.3. The Balaban J connectivity index is 1.53. The second kappa shape index (κ2) is 9.63. The molecule has 0 saturated heterocycles. The number of hydrogen-bond donors (Lipinski definition) is 2. The van der Waals surface area contributed by atoms with Gasteiger partial charge in [0.2, 0.25) is 0 Å². The van der Waals surface area contributed by atoms with E-state index in [1.54, 1.807) is 24.3 Å². The minimum atomic E-state index is -0.324. The first-order chi connectivity index (χ1) is 15.8. The Labute approximate surface area is 198 Å². The summed E-state index contributed by atoms with van der Waals surface area (Å²) < 4.78 is 5.95. The molecule has 0 aliphatic heterocycles. The summed E-state index contributed by atoms with van der Waals surface area (Å²) in [7, 11) is 0. The number of nitrogens with zero attached hydrogens (tertiary/aromatic N) is 1. The lowest BCUT2D eigenvalue weighted by Crippen LogP contribution is -2.22. The van der Waals surface area contributed by atoms with Crippen LogP contribution in [0.1, 0.15) is 76.0 Å². The minimum Gasteiger partial charge on any atom is -0.455 e. The number of rotatable bonds is 5. The molecular weight excluding hydrogens is 438 g/mol. The molecule has 0 fully saturated rings. The number of aryl methyl sites for hydroxylation is 1. The number of fused-ring (bicyclic) bond motifs is 1. The van der Waals surface area contributed by atoms with Crippen molar-refractivity contribution in [3.63, 3.8) is 0 Å². The Kier molecular flexibility index (Phi) is 6.65. The third kappa shape index (κ3) is 5.01. The summed E-state index contributed by atoms with van der Waals surface area (Å²) in [6.45, 7) is 6.10. The Morgan fingerprint density at radius 2 is 1.70 bits per heavy atom. The molecule has 2 amide bonds. The Morgan fingerprint density at radius 3 is 2.36 bits per heavy atom. The topological polar surface area (TPSA) is 83.7 Å². The first-order valence-corrected chi connectivity index (χ1v) is 11.4.